The lowest BCUT2D eigenvalue weighted by molar-refractivity contribution is 1.07. The molecular weight excluding hydrogens is 262 g/mol. The van der Waals surface area contributed by atoms with Crippen molar-refractivity contribution < 1.29 is 0 Å². The van der Waals surface area contributed by atoms with Crippen LogP contribution in [0, 0.1) is 0 Å². The molecule has 2 heterocycles. The van der Waals surface area contributed by atoms with Crippen LogP contribution in [-0.4, -0.2) is 21.5 Å². The van der Waals surface area contributed by atoms with Gasteiger partial charge in [0, 0.05) is 30.9 Å². The summed E-state index contributed by atoms with van der Waals surface area (Å²) in [7, 11) is 0. The van der Waals surface area contributed by atoms with E-state index in [9.17, 15) is 0 Å². The second kappa shape index (κ2) is 6.17. The van der Waals surface area contributed by atoms with Crippen LogP contribution in [0.5, 0.6) is 0 Å². The van der Waals surface area contributed by atoms with Crippen molar-refractivity contribution in [3.8, 4) is 0 Å². The zero-order valence-corrected chi connectivity index (χ0v) is 11.9. The molecule has 3 rings (SSSR count). The lowest BCUT2D eigenvalue weighted by atomic mass is 10.2. The van der Waals surface area contributed by atoms with E-state index >= 15 is 0 Å². The lowest BCUT2D eigenvalue weighted by Gasteiger charge is -2.11. The van der Waals surface area contributed by atoms with Crippen molar-refractivity contribution in [2.24, 2.45) is 0 Å². The van der Waals surface area contributed by atoms with Crippen LogP contribution in [0.3, 0.4) is 0 Å². The van der Waals surface area contributed by atoms with E-state index in [1.54, 1.807) is 12.4 Å². The Labute approximate surface area is 123 Å². The fourth-order valence-electron chi connectivity index (χ4n) is 2.13. The van der Waals surface area contributed by atoms with Gasteiger partial charge < -0.3 is 10.6 Å². The van der Waals surface area contributed by atoms with Gasteiger partial charge in [-0.25, -0.2) is 4.98 Å². The Hall–Kier alpha value is -2.69. The third-order valence-corrected chi connectivity index (χ3v) is 3.15. The summed E-state index contributed by atoms with van der Waals surface area (Å²) < 4.78 is 0. The molecule has 2 aromatic heterocycles. The first-order chi connectivity index (χ1) is 10.4. The molecule has 21 heavy (non-hydrogen) atoms. The topological polar surface area (TPSA) is 62.7 Å². The maximum Gasteiger partial charge on any atom is 0.225 e. The van der Waals surface area contributed by atoms with Crippen LogP contribution in [0.1, 0.15) is 12.5 Å². The Bertz CT molecular complexity index is 727. The number of fused-ring (bicyclic) bond motifs is 1. The van der Waals surface area contributed by atoms with E-state index in [1.165, 1.54) is 0 Å². The molecule has 0 unspecified atom stereocenters. The Morgan fingerprint density at radius 3 is 2.57 bits per heavy atom. The highest BCUT2D eigenvalue weighted by Crippen LogP contribution is 2.22. The van der Waals surface area contributed by atoms with Gasteiger partial charge in [-0.1, -0.05) is 12.1 Å². The van der Waals surface area contributed by atoms with E-state index in [-0.39, 0.29) is 0 Å². The molecule has 0 fully saturated rings. The second-order valence-electron chi connectivity index (χ2n) is 4.65. The fourth-order valence-corrected chi connectivity index (χ4v) is 2.13. The van der Waals surface area contributed by atoms with Gasteiger partial charge in [0.15, 0.2) is 0 Å². The first kappa shape index (κ1) is 13.3. The van der Waals surface area contributed by atoms with Crippen molar-refractivity contribution in [2.75, 3.05) is 17.2 Å². The minimum absolute atomic E-state index is 0.647. The van der Waals surface area contributed by atoms with Gasteiger partial charge >= 0.3 is 0 Å². The fraction of sp³-hybridized carbons (Fsp3) is 0.188. The van der Waals surface area contributed by atoms with Gasteiger partial charge in [0.05, 0.1) is 5.52 Å². The minimum Gasteiger partial charge on any atom is -0.365 e. The van der Waals surface area contributed by atoms with Gasteiger partial charge in [-0.2, -0.15) is 4.98 Å². The summed E-state index contributed by atoms with van der Waals surface area (Å²) in [6.45, 7) is 3.53. The van der Waals surface area contributed by atoms with E-state index < -0.39 is 0 Å². The largest absolute Gasteiger partial charge is 0.365 e. The average molecular weight is 279 g/mol. The zero-order valence-electron chi connectivity index (χ0n) is 11.9. The Kier molecular flexibility index (Phi) is 3.91. The number of aromatic nitrogens is 3. The molecule has 0 saturated carbocycles. The van der Waals surface area contributed by atoms with Crippen LogP contribution in [-0.2, 0) is 6.54 Å². The van der Waals surface area contributed by atoms with Crippen molar-refractivity contribution in [3.63, 3.8) is 0 Å². The highest BCUT2D eigenvalue weighted by molar-refractivity contribution is 5.89. The number of hydrogen-bond donors (Lipinski definition) is 2. The van der Waals surface area contributed by atoms with Crippen molar-refractivity contribution in [2.45, 2.75) is 13.5 Å². The number of para-hydroxylation sites is 1. The highest BCUT2D eigenvalue weighted by Gasteiger charge is 2.06. The van der Waals surface area contributed by atoms with Crippen molar-refractivity contribution in [3.05, 3.63) is 54.4 Å². The van der Waals surface area contributed by atoms with Crippen LogP contribution in [0.2, 0.25) is 0 Å². The summed E-state index contributed by atoms with van der Waals surface area (Å²) >= 11 is 0. The molecular formula is C16H17N5. The molecule has 0 radical (unpaired) electrons. The molecule has 1 aromatic carbocycles. The third-order valence-electron chi connectivity index (χ3n) is 3.15. The van der Waals surface area contributed by atoms with E-state index in [2.05, 4.69) is 25.6 Å². The molecule has 0 aliphatic rings. The van der Waals surface area contributed by atoms with E-state index in [4.69, 9.17) is 0 Å². The Morgan fingerprint density at radius 1 is 0.952 bits per heavy atom. The summed E-state index contributed by atoms with van der Waals surface area (Å²) in [6, 6.07) is 12.0. The molecule has 0 saturated heterocycles. The van der Waals surface area contributed by atoms with Crippen LogP contribution in [0.4, 0.5) is 11.8 Å². The number of anilines is 2. The summed E-state index contributed by atoms with van der Waals surface area (Å²) in [4.78, 5) is 13.1. The van der Waals surface area contributed by atoms with Gasteiger partial charge in [-0.05, 0) is 36.8 Å². The van der Waals surface area contributed by atoms with Crippen LogP contribution in [0.25, 0.3) is 10.9 Å². The number of rotatable bonds is 5. The molecule has 106 valence electrons. The number of nitrogens with zero attached hydrogens (tertiary/aromatic N) is 3. The van der Waals surface area contributed by atoms with Gasteiger partial charge in [-0.3, -0.25) is 4.98 Å². The normalized spacial score (nSPS) is 10.5. The molecule has 3 aromatic rings. The standard InChI is InChI=1S/C16H17N5/c1-2-18-16-20-14-6-4-3-5-13(14)15(21-16)19-11-12-7-9-17-10-8-12/h3-10H,2,11H2,1H3,(H2,18,19,20,21). The van der Waals surface area contributed by atoms with Crippen LogP contribution >= 0.6 is 0 Å². The number of benzene rings is 1. The molecule has 0 atom stereocenters. The van der Waals surface area contributed by atoms with E-state index in [0.717, 1.165) is 28.8 Å². The molecule has 2 N–H and O–H groups in total. The first-order valence-electron chi connectivity index (χ1n) is 7.00. The summed E-state index contributed by atoms with van der Waals surface area (Å²) in [5.41, 5.74) is 2.10. The second-order valence-corrected chi connectivity index (χ2v) is 4.65. The third kappa shape index (κ3) is 3.08. The summed E-state index contributed by atoms with van der Waals surface area (Å²) in [6.07, 6.45) is 3.58. The molecule has 5 heteroatoms. The maximum atomic E-state index is 4.56. The van der Waals surface area contributed by atoms with Crippen molar-refractivity contribution in [1.29, 1.82) is 0 Å². The number of hydrogen-bond acceptors (Lipinski definition) is 5. The molecule has 0 aliphatic heterocycles. The van der Waals surface area contributed by atoms with Gasteiger partial charge in [-0.15, -0.1) is 0 Å². The Morgan fingerprint density at radius 2 is 1.76 bits per heavy atom. The van der Waals surface area contributed by atoms with Gasteiger partial charge in [0.1, 0.15) is 5.82 Å². The Balaban J connectivity index is 1.92. The van der Waals surface area contributed by atoms with Crippen molar-refractivity contribution >= 4 is 22.7 Å². The van der Waals surface area contributed by atoms with Gasteiger partial charge in [0.25, 0.3) is 0 Å². The quantitative estimate of drug-likeness (QED) is 0.751. The average Bonchev–Trinajstić information content (AvgIpc) is 2.54. The molecule has 0 spiro atoms. The first-order valence-corrected chi connectivity index (χ1v) is 7.00. The predicted molar refractivity (Wildman–Crippen MR) is 85.3 cm³/mol. The molecule has 0 bridgehead atoms. The van der Waals surface area contributed by atoms with Crippen LogP contribution in [0.15, 0.2) is 48.8 Å². The lowest BCUT2D eigenvalue weighted by Crippen LogP contribution is -2.07. The predicted octanol–water partition coefficient (Wildman–Crippen LogP) is 3.07. The van der Waals surface area contributed by atoms with E-state index in [1.807, 2.05) is 43.3 Å². The summed E-state index contributed by atoms with van der Waals surface area (Å²) in [5, 5.41) is 7.57. The zero-order chi connectivity index (χ0) is 14.5. The monoisotopic (exact) mass is 279 g/mol. The highest BCUT2D eigenvalue weighted by atomic mass is 15.1. The molecule has 0 aliphatic carbocycles. The van der Waals surface area contributed by atoms with Crippen molar-refractivity contribution in [1.82, 2.24) is 15.0 Å². The SMILES string of the molecule is CCNc1nc(NCc2ccncc2)c2ccccc2n1. The summed E-state index contributed by atoms with van der Waals surface area (Å²) in [5.74, 6) is 1.49. The molecule has 0 amide bonds. The maximum absolute atomic E-state index is 4.56. The number of pyridine rings is 1. The van der Waals surface area contributed by atoms with Gasteiger partial charge in [0.2, 0.25) is 5.95 Å². The van der Waals surface area contributed by atoms with E-state index in [0.29, 0.717) is 12.5 Å². The minimum atomic E-state index is 0.647. The number of nitrogens with one attached hydrogen (secondary N) is 2. The molecule has 5 nitrogen and oxygen atoms in total. The van der Waals surface area contributed by atoms with Crippen LogP contribution < -0.4 is 10.6 Å². The smallest absolute Gasteiger partial charge is 0.225 e.